The van der Waals surface area contributed by atoms with Gasteiger partial charge in [0.2, 0.25) is 11.5 Å². The molecule has 2 heterocycles. The maximum Gasteiger partial charge on any atom is 0.242 e. The number of rotatable bonds is 2. The van der Waals surface area contributed by atoms with Gasteiger partial charge >= 0.3 is 0 Å². The summed E-state index contributed by atoms with van der Waals surface area (Å²) < 4.78 is 7.06. The molecule has 84 valence electrons. The Morgan fingerprint density at radius 1 is 1.18 bits per heavy atom. The van der Waals surface area contributed by atoms with Crippen LogP contribution in [0.25, 0.3) is 5.65 Å². The van der Waals surface area contributed by atoms with Crippen LogP contribution in [-0.2, 0) is 0 Å². The molecule has 1 aromatic carbocycles. The highest BCUT2D eigenvalue weighted by Crippen LogP contribution is 2.25. The number of benzene rings is 1. The molecule has 0 radical (unpaired) electrons. The topological polar surface area (TPSA) is 91.2 Å². The summed E-state index contributed by atoms with van der Waals surface area (Å²) in [5.74, 6) is 0.947. The van der Waals surface area contributed by atoms with E-state index in [0.717, 1.165) is 0 Å². The lowest BCUT2D eigenvalue weighted by Crippen LogP contribution is -1.98. The lowest BCUT2D eigenvalue weighted by atomic mass is 10.3. The fraction of sp³-hybridized carbons (Fsp3) is 0. The molecule has 0 aliphatic rings. The minimum atomic E-state index is 0.408. The van der Waals surface area contributed by atoms with Crippen molar-refractivity contribution in [2.24, 2.45) is 0 Å². The first-order valence-corrected chi connectivity index (χ1v) is 4.89. The van der Waals surface area contributed by atoms with Gasteiger partial charge in [-0.25, -0.2) is 0 Å². The maximum absolute atomic E-state index is 5.78. The number of nitrogen functional groups attached to an aromatic ring is 1. The van der Waals surface area contributed by atoms with Crippen molar-refractivity contribution >= 4 is 11.3 Å². The van der Waals surface area contributed by atoms with Crippen LogP contribution in [0, 0.1) is 0 Å². The highest BCUT2D eigenvalue weighted by Gasteiger charge is 2.07. The molecule has 17 heavy (non-hydrogen) atoms. The molecule has 0 aliphatic carbocycles. The Hall–Kier alpha value is -2.70. The molecule has 0 amide bonds. The molecule has 0 saturated heterocycles. The van der Waals surface area contributed by atoms with Crippen LogP contribution in [0.3, 0.4) is 0 Å². The molecule has 7 heteroatoms. The number of anilines is 1. The van der Waals surface area contributed by atoms with Crippen molar-refractivity contribution in [3.63, 3.8) is 0 Å². The molecule has 0 spiro atoms. The lowest BCUT2D eigenvalue weighted by Gasteiger charge is -2.07. The summed E-state index contributed by atoms with van der Waals surface area (Å²) in [6, 6.07) is 7.18. The van der Waals surface area contributed by atoms with Gasteiger partial charge in [0.1, 0.15) is 0 Å². The van der Waals surface area contributed by atoms with E-state index in [4.69, 9.17) is 10.5 Å². The van der Waals surface area contributed by atoms with Crippen LogP contribution in [-0.4, -0.2) is 25.0 Å². The molecule has 2 N–H and O–H groups in total. The van der Waals surface area contributed by atoms with Gasteiger partial charge in [-0.15, -0.1) is 5.10 Å². The fourth-order valence-electron chi connectivity index (χ4n) is 1.41. The number of nitrogens with two attached hydrogens (primary N) is 1. The first kappa shape index (κ1) is 9.52. The third-order valence-corrected chi connectivity index (χ3v) is 2.21. The second-order valence-corrected chi connectivity index (χ2v) is 3.33. The first-order valence-electron chi connectivity index (χ1n) is 4.89. The van der Waals surface area contributed by atoms with Crippen LogP contribution in [0.1, 0.15) is 0 Å². The van der Waals surface area contributed by atoms with E-state index in [0.29, 0.717) is 23.0 Å². The molecule has 0 aliphatic heterocycles. The Morgan fingerprint density at radius 3 is 2.94 bits per heavy atom. The molecular formula is C10H8N6O. The van der Waals surface area contributed by atoms with Crippen molar-refractivity contribution in [2.75, 3.05) is 5.73 Å². The summed E-state index contributed by atoms with van der Waals surface area (Å²) >= 11 is 0. The number of fused-ring (bicyclic) bond motifs is 1. The van der Waals surface area contributed by atoms with Crippen molar-refractivity contribution in [1.29, 1.82) is 0 Å². The van der Waals surface area contributed by atoms with Crippen LogP contribution in [0.2, 0.25) is 0 Å². The predicted octanol–water partition coefficient (Wildman–Crippen LogP) is 0.894. The fourth-order valence-corrected chi connectivity index (χ4v) is 1.41. The summed E-state index contributed by atoms with van der Waals surface area (Å²) in [7, 11) is 0. The van der Waals surface area contributed by atoms with Gasteiger partial charge in [0, 0.05) is 0 Å². The molecule has 0 bridgehead atoms. The number of ether oxygens (including phenoxy) is 1. The van der Waals surface area contributed by atoms with Crippen molar-refractivity contribution in [2.45, 2.75) is 0 Å². The molecule has 0 fully saturated rings. The Kier molecular flexibility index (Phi) is 2.08. The van der Waals surface area contributed by atoms with Crippen LogP contribution < -0.4 is 10.5 Å². The largest absolute Gasteiger partial charge is 0.435 e. The number of aromatic nitrogens is 5. The number of para-hydroxylation sites is 2. The number of hydrogen-bond acceptors (Lipinski definition) is 6. The second kappa shape index (κ2) is 3.71. The smallest absolute Gasteiger partial charge is 0.242 e. The molecule has 3 rings (SSSR count). The van der Waals surface area contributed by atoms with E-state index in [1.165, 1.54) is 10.7 Å². The van der Waals surface area contributed by atoms with Gasteiger partial charge in [0.25, 0.3) is 0 Å². The van der Waals surface area contributed by atoms with Crippen LogP contribution in [0.15, 0.2) is 36.7 Å². The molecule has 2 aromatic heterocycles. The van der Waals surface area contributed by atoms with E-state index >= 15 is 0 Å². The van der Waals surface area contributed by atoms with Gasteiger partial charge in [-0.1, -0.05) is 12.1 Å². The van der Waals surface area contributed by atoms with E-state index in [1.807, 2.05) is 12.1 Å². The number of nitrogens with zero attached hydrogens (tertiary/aromatic N) is 5. The van der Waals surface area contributed by atoms with Crippen LogP contribution >= 0.6 is 0 Å². The number of tetrazole rings is 1. The van der Waals surface area contributed by atoms with Gasteiger partial charge in [-0.3, -0.25) is 4.98 Å². The van der Waals surface area contributed by atoms with E-state index in [-0.39, 0.29) is 0 Å². The Morgan fingerprint density at radius 2 is 2.06 bits per heavy atom. The molecular weight excluding hydrogens is 220 g/mol. The summed E-state index contributed by atoms with van der Waals surface area (Å²) in [5.41, 5.74) is 6.83. The van der Waals surface area contributed by atoms with Crippen molar-refractivity contribution in [3.05, 3.63) is 36.7 Å². The standard InChI is InChI=1S/C10H8N6O/c11-7-3-1-2-4-8(7)17-10-6-12-5-9-13-14-15-16(9)10/h1-6H,11H2. The Balaban J connectivity index is 2.06. The van der Waals surface area contributed by atoms with E-state index in [9.17, 15) is 0 Å². The summed E-state index contributed by atoms with van der Waals surface area (Å²) in [5, 5.41) is 11.1. The van der Waals surface area contributed by atoms with Crippen molar-refractivity contribution < 1.29 is 4.74 Å². The third kappa shape index (κ3) is 1.63. The van der Waals surface area contributed by atoms with Gasteiger partial charge < -0.3 is 10.5 Å². The Bertz CT molecular complexity index is 664. The molecule has 0 unspecified atom stereocenters. The molecule has 7 nitrogen and oxygen atoms in total. The zero-order chi connectivity index (χ0) is 11.7. The zero-order valence-electron chi connectivity index (χ0n) is 8.69. The summed E-state index contributed by atoms with van der Waals surface area (Å²) in [6.07, 6.45) is 3.07. The molecule has 0 saturated carbocycles. The van der Waals surface area contributed by atoms with Crippen molar-refractivity contribution in [1.82, 2.24) is 25.0 Å². The minimum Gasteiger partial charge on any atom is -0.435 e. The lowest BCUT2D eigenvalue weighted by molar-refractivity contribution is 0.444. The third-order valence-electron chi connectivity index (χ3n) is 2.21. The monoisotopic (exact) mass is 228 g/mol. The molecule has 0 atom stereocenters. The minimum absolute atomic E-state index is 0.408. The maximum atomic E-state index is 5.78. The van der Waals surface area contributed by atoms with Gasteiger partial charge in [0.05, 0.1) is 18.1 Å². The highest BCUT2D eigenvalue weighted by atomic mass is 16.5. The van der Waals surface area contributed by atoms with E-state index in [1.54, 1.807) is 18.3 Å². The number of hydrogen-bond donors (Lipinski definition) is 1. The quantitative estimate of drug-likeness (QED) is 0.655. The van der Waals surface area contributed by atoms with Crippen molar-refractivity contribution in [3.8, 4) is 11.6 Å². The van der Waals surface area contributed by atoms with Gasteiger partial charge in [-0.2, -0.15) is 4.52 Å². The van der Waals surface area contributed by atoms with Crippen LogP contribution in [0.5, 0.6) is 11.6 Å². The SMILES string of the molecule is Nc1ccccc1Oc1cncc2nnnn12. The predicted molar refractivity (Wildman–Crippen MR) is 59.5 cm³/mol. The van der Waals surface area contributed by atoms with E-state index in [2.05, 4.69) is 20.5 Å². The zero-order valence-corrected chi connectivity index (χ0v) is 8.69. The molecule has 3 aromatic rings. The second-order valence-electron chi connectivity index (χ2n) is 3.33. The van der Waals surface area contributed by atoms with Gasteiger partial charge in [-0.05, 0) is 22.6 Å². The van der Waals surface area contributed by atoms with Crippen LogP contribution in [0.4, 0.5) is 5.69 Å². The summed E-state index contributed by atoms with van der Waals surface area (Å²) in [6.45, 7) is 0. The highest BCUT2D eigenvalue weighted by molar-refractivity contribution is 5.53. The Labute approximate surface area is 95.8 Å². The summed E-state index contributed by atoms with van der Waals surface area (Å²) in [4.78, 5) is 3.98. The first-order chi connectivity index (χ1) is 8.34. The normalized spacial score (nSPS) is 10.6. The average Bonchev–Trinajstić information content (AvgIpc) is 2.81. The van der Waals surface area contributed by atoms with Gasteiger partial charge in [0.15, 0.2) is 5.75 Å². The average molecular weight is 228 g/mol. The van der Waals surface area contributed by atoms with E-state index < -0.39 is 0 Å².